The average Bonchev–Trinajstić information content (AvgIpc) is 2.35. The molecule has 0 amide bonds. The summed E-state index contributed by atoms with van der Waals surface area (Å²) in [5.74, 6) is 0. The minimum atomic E-state index is 0. The summed E-state index contributed by atoms with van der Waals surface area (Å²) >= 11 is 0. The van der Waals surface area contributed by atoms with Gasteiger partial charge in [0.25, 0.3) is 0 Å². The number of aryl methyl sites for hydroxylation is 1. The van der Waals surface area contributed by atoms with Crippen LogP contribution in [0.2, 0.25) is 0 Å². The van der Waals surface area contributed by atoms with Crippen molar-refractivity contribution in [2.45, 2.75) is 0 Å². The van der Waals surface area contributed by atoms with Gasteiger partial charge in [0.05, 0.1) is 11.7 Å². The van der Waals surface area contributed by atoms with Gasteiger partial charge >= 0.3 is 0 Å². The Bertz CT molecular complexity index is 397. The van der Waals surface area contributed by atoms with Gasteiger partial charge in [-0.3, -0.25) is 4.68 Å². The average molecular weight is 220 g/mol. The third kappa shape index (κ3) is 1.87. The van der Waals surface area contributed by atoms with Crippen LogP contribution in [0.1, 0.15) is 0 Å². The Morgan fingerprint density at radius 2 is 2.00 bits per heavy atom. The Morgan fingerprint density at radius 3 is 2.62 bits per heavy atom. The predicted octanol–water partition coefficient (Wildman–Crippen LogP) is 2.00. The van der Waals surface area contributed by atoms with Gasteiger partial charge < -0.3 is 5.73 Å². The highest BCUT2D eigenvalue weighted by Gasteiger charge is 1.99. The van der Waals surface area contributed by atoms with Crippen molar-refractivity contribution < 1.29 is 0 Å². The van der Waals surface area contributed by atoms with Crippen molar-refractivity contribution in [1.29, 1.82) is 0 Å². The number of halogens is 2. The Morgan fingerprint density at radius 1 is 1.31 bits per heavy atom. The van der Waals surface area contributed by atoms with Crippen LogP contribution in [-0.2, 0) is 7.05 Å². The molecule has 0 aliphatic heterocycles. The maximum Gasteiger partial charge on any atom is 0.0699 e. The number of benzene rings is 1. The van der Waals surface area contributed by atoms with Crippen LogP contribution < -0.4 is 5.73 Å². The molecule has 0 bridgehead atoms. The highest BCUT2D eigenvalue weighted by atomic mass is 35.5. The molecule has 0 atom stereocenters. The van der Waals surface area contributed by atoms with Crippen molar-refractivity contribution in [3.8, 4) is 0 Å². The number of rotatable bonds is 0. The highest BCUT2D eigenvalue weighted by molar-refractivity contribution is 5.89. The second-order valence-corrected chi connectivity index (χ2v) is 2.55. The molecule has 3 nitrogen and oxygen atoms in total. The third-order valence-electron chi connectivity index (χ3n) is 1.83. The number of hydrogen-bond acceptors (Lipinski definition) is 2. The fraction of sp³-hybridized carbons (Fsp3) is 0.125. The van der Waals surface area contributed by atoms with E-state index in [2.05, 4.69) is 5.10 Å². The molecule has 0 aliphatic rings. The first-order valence-corrected chi connectivity index (χ1v) is 3.45. The summed E-state index contributed by atoms with van der Waals surface area (Å²) in [6, 6.07) is 5.81. The van der Waals surface area contributed by atoms with Gasteiger partial charge in [0.1, 0.15) is 0 Å². The van der Waals surface area contributed by atoms with Crippen LogP contribution in [0.5, 0.6) is 0 Å². The topological polar surface area (TPSA) is 43.8 Å². The van der Waals surface area contributed by atoms with E-state index in [1.54, 1.807) is 6.20 Å². The maximum absolute atomic E-state index is 5.72. The molecule has 1 heterocycles. The van der Waals surface area contributed by atoms with Crippen LogP contribution >= 0.6 is 24.8 Å². The molecule has 13 heavy (non-hydrogen) atoms. The first kappa shape index (κ1) is 12.1. The van der Waals surface area contributed by atoms with Crippen LogP contribution in [0.25, 0.3) is 10.9 Å². The smallest absolute Gasteiger partial charge is 0.0699 e. The van der Waals surface area contributed by atoms with Gasteiger partial charge in [-0.05, 0) is 12.1 Å². The molecule has 2 aromatic rings. The van der Waals surface area contributed by atoms with E-state index >= 15 is 0 Å². The lowest BCUT2D eigenvalue weighted by atomic mass is 10.2. The zero-order chi connectivity index (χ0) is 7.84. The normalized spacial score (nSPS) is 9.00. The van der Waals surface area contributed by atoms with Crippen molar-refractivity contribution in [1.82, 2.24) is 9.78 Å². The molecule has 0 unspecified atom stereocenters. The van der Waals surface area contributed by atoms with E-state index in [4.69, 9.17) is 5.73 Å². The fourth-order valence-electron chi connectivity index (χ4n) is 1.20. The Labute approximate surface area is 88.7 Å². The summed E-state index contributed by atoms with van der Waals surface area (Å²) < 4.78 is 1.81. The van der Waals surface area contributed by atoms with E-state index in [0.717, 1.165) is 16.6 Å². The molecular weight excluding hydrogens is 209 g/mol. The molecule has 0 saturated carbocycles. The fourth-order valence-corrected chi connectivity index (χ4v) is 1.20. The van der Waals surface area contributed by atoms with Crippen molar-refractivity contribution in [3.05, 3.63) is 24.4 Å². The first-order chi connectivity index (χ1) is 5.29. The van der Waals surface area contributed by atoms with E-state index in [-0.39, 0.29) is 24.8 Å². The number of nitrogens with zero attached hydrogens (tertiary/aromatic N) is 2. The summed E-state index contributed by atoms with van der Waals surface area (Å²) in [7, 11) is 1.90. The summed E-state index contributed by atoms with van der Waals surface area (Å²) in [6.45, 7) is 0. The lowest BCUT2D eigenvalue weighted by Crippen LogP contribution is -1.89. The summed E-state index contributed by atoms with van der Waals surface area (Å²) in [5.41, 5.74) is 7.58. The summed E-state index contributed by atoms with van der Waals surface area (Å²) in [5, 5.41) is 5.12. The van der Waals surface area contributed by atoms with Gasteiger partial charge in [-0.25, -0.2) is 0 Å². The third-order valence-corrected chi connectivity index (χ3v) is 1.83. The van der Waals surface area contributed by atoms with E-state index in [1.165, 1.54) is 0 Å². The molecule has 0 radical (unpaired) electrons. The lowest BCUT2D eigenvalue weighted by Gasteiger charge is -1.95. The standard InChI is InChI=1S/C8H9N3.2ClH/c1-11-8-4-2-3-7(9)6(8)5-10-11;;/h2-5H,9H2,1H3;2*1H. The highest BCUT2D eigenvalue weighted by Crippen LogP contribution is 2.18. The van der Waals surface area contributed by atoms with Crippen LogP contribution in [0.15, 0.2) is 24.4 Å². The van der Waals surface area contributed by atoms with Gasteiger partial charge in [-0.2, -0.15) is 5.10 Å². The monoisotopic (exact) mass is 219 g/mol. The molecule has 1 aromatic heterocycles. The number of fused-ring (bicyclic) bond motifs is 1. The van der Waals surface area contributed by atoms with Crippen LogP contribution in [0.3, 0.4) is 0 Å². The quantitative estimate of drug-likeness (QED) is 0.690. The van der Waals surface area contributed by atoms with Gasteiger partial charge in [0, 0.05) is 18.1 Å². The van der Waals surface area contributed by atoms with E-state index < -0.39 is 0 Å². The number of aromatic nitrogens is 2. The van der Waals surface area contributed by atoms with Gasteiger partial charge in [-0.15, -0.1) is 24.8 Å². The van der Waals surface area contributed by atoms with Crippen LogP contribution in [0, 0.1) is 0 Å². The van der Waals surface area contributed by atoms with E-state index in [1.807, 2.05) is 29.9 Å². The minimum absolute atomic E-state index is 0. The number of hydrogen-bond donors (Lipinski definition) is 1. The Hall–Kier alpha value is -0.930. The van der Waals surface area contributed by atoms with Gasteiger partial charge in [0.2, 0.25) is 0 Å². The minimum Gasteiger partial charge on any atom is -0.398 e. The number of nitrogens with two attached hydrogens (primary N) is 1. The zero-order valence-electron chi connectivity index (χ0n) is 7.10. The molecule has 0 spiro atoms. The van der Waals surface area contributed by atoms with E-state index in [0.29, 0.717) is 0 Å². The van der Waals surface area contributed by atoms with Crippen molar-refractivity contribution in [2.24, 2.45) is 7.05 Å². The SMILES string of the molecule is Cl.Cl.Cn1ncc2c(N)cccc21. The van der Waals surface area contributed by atoms with Crippen LogP contribution in [-0.4, -0.2) is 9.78 Å². The lowest BCUT2D eigenvalue weighted by molar-refractivity contribution is 0.797. The first-order valence-electron chi connectivity index (χ1n) is 3.45. The molecule has 5 heteroatoms. The second-order valence-electron chi connectivity index (χ2n) is 2.55. The van der Waals surface area contributed by atoms with Crippen LogP contribution in [0.4, 0.5) is 5.69 Å². The molecule has 0 saturated heterocycles. The van der Waals surface area contributed by atoms with Gasteiger partial charge in [-0.1, -0.05) is 6.07 Å². The number of nitrogen functional groups attached to an aromatic ring is 1. The molecule has 0 aliphatic carbocycles. The van der Waals surface area contributed by atoms with Crippen molar-refractivity contribution in [3.63, 3.8) is 0 Å². The number of anilines is 1. The second kappa shape index (κ2) is 4.35. The summed E-state index contributed by atoms with van der Waals surface area (Å²) in [6.07, 6.45) is 1.78. The predicted molar refractivity (Wildman–Crippen MR) is 59.6 cm³/mol. The Kier molecular flexibility index (Phi) is 4.04. The molecular formula is C8H11Cl2N3. The maximum atomic E-state index is 5.72. The molecule has 0 fully saturated rings. The summed E-state index contributed by atoms with van der Waals surface area (Å²) in [4.78, 5) is 0. The zero-order valence-corrected chi connectivity index (χ0v) is 8.73. The molecule has 1 aromatic carbocycles. The van der Waals surface area contributed by atoms with Gasteiger partial charge in [0.15, 0.2) is 0 Å². The van der Waals surface area contributed by atoms with Crippen molar-refractivity contribution >= 4 is 41.4 Å². The Balaban J connectivity index is 0.000000720. The molecule has 72 valence electrons. The van der Waals surface area contributed by atoms with Crippen molar-refractivity contribution in [2.75, 3.05) is 5.73 Å². The molecule has 2 N–H and O–H groups in total. The van der Waals surface area contributed by atoms with E-state index in [9.17, 15) is 0 Å². The largest absolute Gasteiger partial charge is 0.398 e. The molecule has 2 rings (SSSR count).